The van der Waals surface area contributed by atoms with Gasteiger partial charge in [-0.3, -0.25) is 4.68 Å². The molecule has 0 amide bonds. The first-order chi connectivity index (χ1) is 13.5. The van der Waals surface area contributed by atoms with Gasteiger partial charge in [-0.25, -0.2) is 0 Å². The summed E-state index contributed by atoms with van der Waals surface area (Å²) in [5.41, 5.74) is 1.65. The van der Waals surface area contributed by atoms with Crippen LogP contribution in [0.25, 0.3) is 0 Å². The van der Waals surface area contributed by atoms with Crippen molar-refractivity contribution in [2.75, 3.05) is 24.9 Å². The molecule has 3 aromatic rings. The lowest BCUT2D eigenvalue weighted by atomic mass is 10.2. The summed E-state index contributed by atoms with van der Waals surface area (Å²) in [6, 6.07) is 13.0. The van der Waals surface area contributed by atoms with Crippen LogP contribution in [0, 0.1) is 0 Å². The van der Waals surface area contributed by atoms with Crippen LogP contribution in [0.15, 0.2) is 48.7 Å². The SMILES string of the molecule is COc1cc(NC(=S)Nc2nn(Cc3ccccc3Cl)cc2Cl)cc(OC)c1. The maximum absolute atomic E-state index is 6.29. The number of ether oxygens (including phenoxy) is 2. The number of nitrogens with zero attached hydrogens (tertiary/aromatic N) is 2. The summed E-state index contributed by atoms with van der Waals surface area (Å²) in [4.78, 5) is 0. The van der Waals surface area contributed by atoms with Gasteiger partial charge in [-0.1, -0.05) is 41.4 Å². The molecular weight excluding hydrogens is 419 g/mol. The minimum absolute atomic E-state index is 0.334. The van der Waals surface area contributed by atoms with Gasteiger partial charge in [0.2, 0.25) is 0 Å². The van der Waals surface area contributed by atoms with E-state index in [4.69, 9.17) is 44.9 Å². The highest BCUT2D eigenvalue weighted by molar-refractivity contribution is 7.80. The quantitative estimate of drug-likeness (QED) is 0.526. The molecule has 9 heteroatoms. The molecule has 0 radical (unpaired) electrons. The topological polar surface area (TPSA) is 60.3 Å². The van der Waals surface area contributed by atoms with E-state index in [-0.39, 0.29) is 0 Å². The van der Waals surface area contributed by atoms with E-state index in [9.17, 15) is 0 Å². The van der Waals surface area contributed by atoms with Gasteiger partial charge in [-0.05, 0) is 23.8 Å². The Hall–Kier alpha value is -2.48. The molecule has 2 N–H and O–H groups in total. The smallest absolute Gasteiger partial charge is 0.176 e. The van der Waals surface area contributed by atoms with Crippen LogP contribution in [0.3, 0.4) is 0 Å². The van der Waals surface area contributed by atoms with Gasteiger partial charge in [0.05, 0.1) is 20.8 Å². The van der Waals surface area contributed by atoms with E-state index in [1.807, 2.05) is 24.3 Å². The lowest BCUT2D eigenvalue weighted by molar-refractivity contribution is 0.395. The number of rotatable bonds is 6. The van der Waals surface area contributed by atoms with Crippen LogP contribution in [0.4, 0.5) is 11.5 Å². The Morgan fingerprint density at radius 2 is 1.71 bits per heavy atom. The molecule has 1 heterocycles. The molecule has 0 unspecified atom stereocenters. The molecule has 0 aliphatic rings. The number of thiocarbonyl (C=S) groups is 1. The molecule has 6 nitrogen and oxygen atoms in total. The van der Waals surface area contributed by atoms with Crippen LogP contribution < -0.4 is 20.1 Å². The third-order valence-electron chi connectivity index (χ3n) is 3.85. The van der Waals surface area contributed by atoms with Gasteiger partial charge in [0, 0.05) is 35.1 Å². The maximum atomic E-state index is 6.29. The number of nitrogens with one attached hydrogen (secondary N) is 2. The second-order valence-corrected chi connectivity index (χ2v) is 7.02. The van der Waals surface area contributed by atoms with Gasteiger partial charge in [0.25, 0.3) is 0 Å². The van der Waals surface area contributed by atoms with E-state index in [0.717, 1.165) is 5.56 Å². The highest BCUT2D eigenvalue weighted by atomic mass is 35.5. The van der Waals surface area contributed by atoms with E-state index >= 15 is 0 Å². The predicted molar refractivity (Wildman–Crippen MR) is 117 cm³/mol. The zero-order chi connectivity index (χ0) is 20.1. The molecule has 0 saturated carbocycles. The summed E-state index contributed by atoms with van der Waals surface area (Å²) >= 11 is 17.9. The molecule has 0 aliphatic carbocycles. The number of hydrogen-bond acceptors (Lipinski definition) is 4. The van der Waals surface area contributed by atoms with Gasteiger partial charge in [0.1, 0.15) is 16.5 Å². The van der Waals surface area contributed by atoms with Crippen molar-refractivity contribution in [3.8, 4) is 11.5 Å². The van der Waals surface area contributed by atoms with Crippen molar-refractivity contribution >= 4 is 52.0 Å². The number of benzene rings is 2. The number of halogens is 2. The molecule has 0 aliphatic heterocycles. The first kappa shape index (κ1) is 20.3. The number of anilines is 2. The molecule has 28 heavy (non-hydrogen) atoms. The van der Waals surface area contributed by atoms with Gasteiger partial charge in [-0.15, -0.1) is 0 Å². The van der Waals surface area contributed by atoms with Crippen LogP contribution in [0.5, 0.6) is 11.5 Å². The van der Waals surface area contributed by atoms with E-state index in [0.29, 0.717) is 44.7 Å². The second-order valence-electron chi connectivity index (χ2n) is 5.80. The predicted octanol–water partition coefficient (Wildman–Crippen LogP) is 5.06. The fourth-order valence-corrected chi connectivity index (χ4v) is 3.12. The first-order valence-electron chi connectivity index (χ1n) is 8.26. The maximum Gasteiger partial charge on any atom is 0.176 e. The molecule has 3 rings (SSSR count). The van der Waals surface area contributed by atoms with E-state index in [2.05, 4.69) is 15.7 Å². The molecule has 0 spiro atoms. The lowest BCUT2D eigenvalue weighted by Crippen LogP contribution is -2.20. The summed E-state index contributed by atoms with van der Waals surface area (Å²) in [5.74, 6) is 1.74. The van der Waals surface area contributed by atoms with Crippen LogP contribution in [0.1, 0.15) is 5.56 Å². The van der Waals surface area contributed by atoms with Crippen molar-refractivity contribution in [3.05, 3.63) is 64.3 Å². The normalized spacial score (nSPS) is 10.4. The average Bonchev–Trinajstić information content (AvgIpc) is 3.02. The summed E-state index contributed by atoms with van der Waals surface area (Å²) < 4.78 is 12.2. The van der Waals surface area contributed by atoms with E-state index < -0.39 is 0 Å². The summed E-state index contributed by atoms with van der Waals surface area (Å²) in [6.45, 7) is 0.494. The fraction of sp³-hybridized carbons (Fsp3) is 0.158. The Morgan fingerprint density at radius 1 is 1.04 bits per heavy atom. The zero-order valence-electron chi connectivity index (χ0n) is 15.2. The molecule has 146 valence electrons. The van der Waals surface area contributed by atoms with Crippen molar-refractivity contribution < 1.29 is 9.47 Å². The summed E-state index contributed by atoms with van der Waals surface area (Å²) in [6.07, 6.45) is 1.71. The minimum atomic E-state index is 0.334. The highest BCUT2D eigenvalue weighted by Gasteiger charge is 2.11. The fourth-order valence-electron chi connectivity index (χ4n) is 2.51. The third-order valence-corrected chi connectivity index (χ3v) is 4.70. The number of hydrogen-bond donors (Lipinski definition) is 2. The van der Waals surface area contributed by atoms with E-state index in [1.54, 1.807) is 43.3 Å². The third kappa shape index (κ3) is 5.07. The zero-order valence-corrected chi connectivity index (χ0v) is 17.5. The van der Waals surface area contributed by atoms with Crippen LogP contribution >= 0.6 is 35.4 Å². The number of methoxy groups -OCH3 is 2. The molecule has 0 saturated heterocycles. The molecule has 0 atom stereocenters. The van der Waals surface area contributed by atoms with Crippen molar-refractivity contribution in [2.45, 2.75) is 6.54 Å². The van der Waals surface area contributed by atoms with Gasteiger partial charge >= 0.3 is 0 Å². The average molecular weight is 437 g/mol. The molecule has 2 aromatic carbocycles. The van der Waals surface area contributed by atoms with Gasteiger partial charge < -0.3 is 20.1 Å². The Bertz CT molecular complexity index is 972. The molecule has 0 fully saturated rings. The Balaban J connectivity index is 1.69. The van der Waals surface area contributed by atoms with Crippen LogP contribution in [0.2, 0.25) is 10.0 Å². The second kappa shape index (κ2) is 9.14. The van der Waals surface area contributed by atoms with Gasteiger partial charge in [0.15, 0.2) is 10.9 Å². The Kier molecular flexibility index (Phi) is 6.61. The lowest BCUT2D eigenvalue weighted by Gasteiger charge is -2.12. The number of aromatic nitrogens is 2. The van der Waals surface area contributed by atoms with Crippen molar-refractivity contribution in [3.63, 3.8) is 0 Å². The Morgan fingerprint density at radius 3 is 2.36 bits per heavy atom. The standard InChI is InChI=1S/C19H18Cl2N4O2S/c1-26-14-7-13(8-15(9-14)27-2)22-19(28)23-18-17(21)11-25(24-18)10-12-5-3-4-6-16(12)20/h3-9,11H,10H2,1-2H3,(H2,22,23,24,28). The Labute approximate surface area is 178 Å². The van der Waals surface area contributed by atoms with Crippen molar-refractivity contribution in [1.29, 1.82) is 0 Å². The largest absolute Gasteiger partial charge is 0.497 e. The van der Waals surface area contributed by atoms with Gasteiger partial charge in [-0.2, -0.15) is 5.10 Å². The molecule has 0 bridgehead atoms. The molecule has 1 aromatic heterocycles. The summed E-state index contributed by atoms with van der Waals surface area (Å²) in [7, 11) is 3.17. The summed E-state index contributed by atoms with van der Waals surface area (Å²) in [5, 5.41) is 11.9. The first-order valence-corrected chi connectivity index (χ1v) is 9.42. The van der Waals surface area contributed by atoms with Crippen molar-refractivity contribution in [1.82, 2.24) is 9.78 Å². The van der Waals surface area contributed by atoms with Crippen LogP contribution in [-0.2, 0) is 6.54 Å². The highest BCUT2D eigenvalue weighted by Crippen LogP contribution is 2.26. The monoisotopic (exact) mass is 436 g/mol. The minimum Gasteiger partial charge on any atom is -0.497 e. The van der Waals surface area contributed by atoms with E-state index in [1.165, 1.54) is 0 Å². The van der Waals surface area contributed by atoms with Crippen molar-refractivity contribution in [2.24, 2.45) is 0 Å². The van der Waals surface area contributed by atoms with Crippen LogP contribution in [-0.4, -0.2) is 29.1 Å². The molecular formula is C19H18Cl2N4O2S.